The van der Waals surface area contributed by atoms with E-state index in [2.05, 4.69) is 25.9 Å². The number of rotatable bonds is 2. The van der Waals surface area contributed by atoms with Crippen LogP contribution >= 0.6 is 15.9 Å². The van der Waals surface area contributed by atoms with E-state index in [9.17, 15) is 9.18 Å². The third-order valence-electron chi connectivity index (χ3n) is 4.66. The van der Waals surface area contributed by atoms with Crippen LogP contribution < -0.4 is 0 Å². The lowest BCUT2D eigenvalue weighted by molar-refractivity contribution is 0.0704. The number of para-hydroxylation sites is 2. The monoisotopic (exact) mass is 401 g/mol. The van der Waals surface area contributed by atoms with Crippen LogP contribution in [0.5, 0.6) is 0 Å². The van der Waals surface area contributed by atoms with Gasteiger partial charge in [0, 0.05) is 23.5 Å². The molecule has 1 saturated heterocycles. The quantitative estimate of drug-likeness (QED) is 0.687. The first-order valence-electron chi connectivity index (χ1n) is 8.31. The molecule has 128 valence electrons. The van der Waals surface area contributed by atoms with E-state index in [4.69, 9.17) is 0 Å². The normalized spacial score (nSPS) is 17.8. The van der Waals surface area contributed by atoms with Crippen molar-refractivity contribution in [2.45, 2.75) is 18.8 Å². The lowest BCUT2D eigenvalue weighted by atomic mass is 9.96. The van der Waals surface area contributed by atoms with Crippen molar-refractivity contribution in [2.24, 2.45) is 0 Å². The van der Waals surface area contributed by atoms with Crippen molar-refractivity contribution in [2.75, 3.05) is 13.1 Å². The number of halogens is 2. The number of carbonyl (C=O) groups excluding carboxylic acids is 1. The zero-order valence-corrected chi connectivity index (χ0v) is 15.1. The number of piperidine rings is 1. The maximum Gasteiger partial charge on any atom is 0.255 e. The topological polar surface area (TPSA) is 49.0 Å². The number of amides is 1. The van der Waals surface area contributed by atoms with Gasteiger partial charge in [0.15, 0.2) is 0 Å². The Labute approximate surface area is 153 Å². The summed E-state index contributed by atoms with van der Waals surface area (Å²) in [5.74, 6) is 0.677. The number of benzene rings is 2. The number of aromatic amines is 1. The number of fused-ring (bicyclic) bond motifs is 1. The van der Waals surface area contributed by atoms with Crippen molar-refractivity contribution < 1.29 is 9.18 Å². The standard InChI is InChI=1S/C19H17BrFN3O/c20-15-10-13(21)7-8-14(15)19(25)24-9-3-4-12(11-24)18-22-16-5-1-2-6-17(16)23-18/h1-2,5-8,10,12H,3-4,9,11H2,(H,22,23)/t12-/m0/s1. The smallest absolute Gasteiger partial charge is 0.255 e. The predicted octanol–water partition coefficient (Wildman–Crippen LogP) is 4.48. The summed E-state index contributed by atoms with van der Waals surface area (Å²) in [6.07, 6.45) is 1.92. The SMILES string of the molecule is O=C(c1ccc(F)cc1Br)N1CCC[C@H](c2nc3ccccc3[nH]2)C1. The van der Waals surface area contributed by atoms with Crippen LogP contribution in [0.1, 0.15) is 34.9 Å². The summed E-state index contributed by atoms with van der Waals surface area (Å²) in [5, 5.41) is 0. The van der Waals surface area contributed by atoms with Crippen molar-refractivity contribution in [3.8, 4) is 0 Å². The van der Waals surface area contributed by atoms with E-state index in [0.717, 1.165) is 29.7 Å². The summed E-state index contributed by atoms with van der Waals surface area (Å²) in [6.45, 7) is 1.32. The number of nitrogens with one attached hydrogen (secondary N) is 1. The molecule has 0 radical (unpaired) electrons. The zero-order valence-electron chi connectivity index (χ0n) is 13.5. The number of nitrogens with zero attached hydrogens (tertiary/aromatic N) is 2. The molecule has 0 spiro atoms. The summed E-state index contributed by atoms with van der Waals surface area (Å²) in [5.41, 5.74) is 2.45. The summed E-state index contributed by atoms with van der Waals surface area (Å²) in [6, 6.07) is 12.1. The Morgan fingerprint density at radius 2 is 2.12 bits per heavy atom. The van der Waals surface area contributed by atoms with Crippen molar-refractivity contribution in [3.63, 3.8) is 0 Å². The molecule has 2 heterocycles. The number of carbonyl (C=O) groups is 1. The van der Waals surface area contributed by atoms with Gasteiger partial charge in [0.25, 0.3) is 5.91 Å². The van der Waals surface area contributed by atoms with E-state index < -0.39 is 0 Å². The van der Waals surface area contributed by atoms with Crippen LogP contribution in [0.2, 0.25) is 0 Å². The van der Waals surface area contributed by atoms with E-state index in [1.807, 2.05) is 29.2 Å². The molecule has 4 nitrogen and oxygen atoms in total. The average Bonchev–Trinajstić information content (AvgIpc) is 3.05. The van der Waals surface area contributed by atoms with Crippen LogP contribution in [0.3, 0.4) is 0 Å². The van der Waals surface area contributed by atoms with Gasteiger partial charge >= 0.3 is 0 Å². The van der Waals surface area contributed by atoms with E-state index >= 15 is 0 Å². The largest absolute Gasteiger partial charge is 0.342 e. The van der Waals surface area contributed by atoms with E-state index in [1.54, 1.807) is 0 Å². The van der Waals surface area contributed by atoms with Gasteiger partial charge in [-0.3, -0.25) is 4.79 Å². The van der Waals surface area contributed by atoms with E-state index in [0.29, 0.717) is 23.1 Å². The van der Waals surface area contributed by atoms with Crippen LogP contribution in [0.25, 0.3) is 11.0 Å². The molecule has 3 aromatic rings. The zero-order chi connectivity index (χ0) is 17.4. The molecule has 1 aromatic heterocycles. The van der Waals surface area contributed by atoms with Gasteiger partial charge in [-0.15, -0.1) is 0 Å². The first kappa shape index (κ1) is 16.3. The lowest BCUT2D eigenvalue weighted by Crippen LogP contribution is -2.39. The highest BCUT2D eigenvalue weighted by molar-refractivity contribution is 9.10. The Kier molecular flexibility index (Phi) is 4.29. The van der Waals surface area contributed by atoms with Gasteiger partial charge in [0.1, 0.15) is 11.6 Å². The molecular weight excluding hydrogens is 385 g/mol. The van der Waals surface area contributed by atoms with Crippen LogP contribution in [-0.4, -0.2) is 33.9 Å². The molecule has 1 atom stereocenters. The average molecular weight is 402 g/mol. The van der Waals surface area contributed by atoms with E-state index in [1.165, 1.54) is 18.2 Å². The molecule has 25 heavy (non-hydrogen) atoms. The molecule has 1 aliphatic heterocycles. The molecule has 1 aliphatic rings. The Bertz CT molecular complexity index is 906. The molecule has 1 fully saturated rings. The number of hydrogen-bond acceptors (Lipinski definition) is 2. The van der Waals surface area contributed by atoms with Crippen LogP contribution in [0.4, 0.5) is 4.39 Å². The van der Waals surface area contributed by atoms with E-state index in [-0.39, 0.29) is 17.6 Å². The molecule has 1 amide bonds. The highest BCUT2D eigenvalue weighted by Gasteiger charge is 2.28. The first-order chi connectivity index (χ1) is 12.1. The van der Waals surface area contributed by atoms with Gasteiger partial charge < -0.3 is 9.88 Å². The minimum absolute atomic E-state index is 0.0762. The second kappa shape index (κ2) is 6.59. The Morgan fingerprint density at radius 1 is 1.28 bits per heavy atom. The van der Waals surface area contributed by atoms with Gasteiger partial charge in [0.05, 0.1) is 16.6 Å². The Balaban J connectivity index is 1.57. The highest BCUT2D eigenvalue weighted by Crippen LogP contribution is 2.29. The van der Waals surface area contributed by atoms with Crippen LogP contribution in [0.15, 0.2) is 46.9 Å². The number of H-pyrrole nitrogens is 1. The van der Waals surface area contributed by atoms with Gasteiger partial charge in [-0.2, -0.15) is 0 Å². The molecule has 6 heteroatoms. The summed E-state index contributed by atoms with van der Waals surface area (Å²) >= 11 is 3.29. The third-order valence-corrected chi connectivity index (χ3v) is 5.32. The fourth-order valence-electron chi connectivity index (χ4n) is 3.38. The Morgan fingerprint density at radius 3 is 2.92 bits per heavy atom. The fourth-order valence-corrected chi connectivity index (χ4v) is 3.90. The highest BCUT2D eigenvalue weighted by atomic mass is 79.9. The molecular formula is C19H17BrFN3O. The molecule has 4 rings (SSSR count). The third kappa shape index (κ3) is 3.18. The van der Waals surface area contributed by atoms with Crippen molar-refractivity contribution >= 4 is 32.9 Å². The maximum atomic E-state index is 13.3. The maximum absolute atomic E-state index is 13.3. The first-order valence-corrected chi connectivity index (χ1v) is 9.10. The Hall–Kier alpha value is -2.21. The van der Waals surface area contributed by atoms with Crippen molar-refractivity contribution in [1.82, 2.24) is 14.9 Å². The molecule has 2 aromatic carbocycles. The summed E-state index contributed by atoms with van der Waals surface area (Å²) < 4.78 is 13.8. The molecule has 1 N–H and O–H groups in total. The molecule has 0 unspecified atom stereocenters. The van der Waals surface area contributed by atoms with Crippen molar-refractivity contribution in [1.29, 1.82) is 0 Å². The minimum atomic E-state index is -0.359. The minimum Gasteiger partial charge on any atom is -0.342 e. The van der Waals surface area contributed by atoms with Gasteiger partial charge in [0.2, 0.25) is 0 Å². The molecule has 0 saturated carbocycles. The van der Waals surface area contributed by atoms with Crippen molar-refractivity contribution in [3.05, 3.63) is 64.1 Å². The number of aromatic nitrogens is 2. The van der Waals surface area contributed by atoms with Crippen LogP contribution in [0, 0.1) is 5.82 Å². The fraction of sp³-hybridized carbons (Fsp3) is 0.263. The number of imidazole rings is 1. The van der Waals surface area contributed by atoms with Crippen LogP contribution in [-0.2, 0) is 0 Å². The molecule has 0 bridgehead atoms. The second-order valence-electron chi connectivity index (χ2n) is 6.35. The number of likely N-dealkylation sites (tertiary alicyclic amines) is 1. The van der Waals surface area contributed by atoms with Gasteiger partial charge in [-0.1, -0.05) is 12.1 Å². The number of hydrogen-bond donors (Lipinski definition) is 1. The second-order valence-corrected chi connectivity index (χ2v) is 7.21. The van der Waals surface area contributed by atoms with Gasteiger partial charge in [-0.25, -0.2) is 9.37 Å². The van der Waals surface area contributed by atoms with Gasteiger partial charge in [-0.05, 0) is 59.1 Å². The molecule has 0 aliphatic carbocycles. The predicted molar refractivity (Wildman–Crippen MR) is 98.1 cm³/mol. The summed E-state index contributed by atoms with van der Waals surface area (Å²) in [7, 11) is 0. The summed E-state index contributed by atoms with van der Waals surface area (Å²) in [4.78, 5) is 22.7. The lowest BCUT2D eigenvalue weighted by Gasteiger charge is -2.32.